The van der Waals surface area contributed by atoms with Gasteiger partial charge in [-0.1, -0.05) is 11.6 Å². The van der Waals surface area contributed by atoms with Crippen LogP contribution in [0.5, 0.6) is 0 Å². The lowest BCUT2D eigenvalue weighted by Gasteiger charge is -2.01. The molecule has 0 aliphatic rings. The molecule has 1 aromatic rings. The maximum atomic E-state index is 13.2. The van der Waals surface area contributed by atoms with E-state index in [1.165, 1.54) is 12.1 Å². The number of ketones is 1. The second-order valence-electron chi connectivity index (χ2n) is 2.87. The molecule has 0 heterocycles. The minimum Gasteiger partial charge on any atom is -0.396 e. The second kappa shape index (κ2) is 5.08. The van der Waals surface area contributed by atoms with Crippen LogP contribution in [0.1, 0.15) is 23.2 Å². The zero-order valence-electron chi connectivity index (χ0n) is 7.46. The van der Waals surface area contributed by atoms with Crippen molar-refractivity contribution in [3.05, 3.63) is 34.6 Å². The van der Waals surface area contributed by atoms with Gasteiger partial charge in [-0.2, -0.15) is 0 Å². The first-order valence-electron chi connectivity index (χ1n) is 4.24. The van der Waals surface area contributed by atoms with E-state index in [4.69, 9.17) is 16.7 Å². The Hall–Kier alpha value is -0.930. The van der Waals surface area contributed by atoms with Crippen LogP contribution in [0, 0.1) is 5.82 Å². The van der Waals surface area contributed by atoms with Crippen molar-refractivity contribution in [2.24, 2.45) is 0 Å². The van der Waals surface area contributed by atoms with E-state index >= 15 is 0 Å². The molecule has 0 saturated carbocycles. The number of halogens is 2. The molecule has 1 aromatic carbocycles. The highest BCUT2D eigenvalue weighted by Gasteiger charge is 2.10. The molecule has 1 rings (SSSR count). The van der Waals surface area contributed by atoms with Gasteiger partial charge in [0.25, 0.3) is 0 Å². The third-order valence-corrected chi connectivity index (χ3v) is 2.03. The van der Waals surface area contributed by atoms with E-state index in [0.717, 1.165) is 6.07 Å². The number of carbonyl (C=O) groups is 1. The Morgan fingerprint density at radius 2 is 2.21 bits per heavy atom. The van der Waals surface area contributed by atoms with Gasteiger partial charge in [-0.25, -0.2) is 4.39 Å². The lowest BCUT2D eigenvalue weighted by Crippen LogP contribution is -2.03. The molecule has 2 nitrogen and oxygen atoms in total. The van der Waals surface area contributed by atoms with Gasteiger partial charge in [-0.15, -0.1) is 0 Å². The summed E-state index contributed by atoms with van der Waals surface area (Å²) >= 11 is 5.53. The van der Waals surface area contributed by atoms with Crippen molar-refractivity contribution in [2.75, 3.05) is 6.61 Å². The summed E-state index contributed by atoms with van der Waals surface area (Å²) < 4.78 is 13.2. The van der Waals surface area contributed by atoms with E-state index in [2.05, 4.69) is 0 Å². The van der Waals surface area contributed by atoms with Gasteiger partial charge >= 0.3 is 0 Å². The van der Waals surface area contributed by atoms with E-state index in [-0.39, 0.29) is 29.4 Å². The predicted octanol–water partition coefficient (Wildman–Crippen LogP) is 2.43. The summed E-state index contributed by atoms with van der Waals surface area (Å²) in [6.07, 6.45) is 0.496. The number of carbonyl (C=O) groups excluding carboxylic acids is 1. The number of hydrogen-bond acceptors (Lipinski definition) is 2. The minimum absolute atomic E-state index is 0.0304. The third kappa shape index (κ3) is 2.79. The standard InChI is InChI=1S/C10H10ClFO2/c11-7-3-4-8(9(12)6-7)10(14)2-1-5-13/h3-4,6,13H,1-2,5H2. The van der Waals surface area contributed by atoms with Crippen LogP contribution >= 0.6 is 11.6 Å². The molecule has 0 unspecified atom stereocenters. The fraction of sp³-hybridized carbons (Fsp3) is 0.300. The molecule has 0 radical (unpaired) electrons. The van der Waals surface area contributed by atoms with Crippen LogP contribution in [0.15, 0.2) is 18.2 Å². The van der Waals surface area contributed by atoms with Crippen molar-refractivity contribution < 1.29 is 14.3 Å². The highest BCUT2D eigenvalue weighted by Crippen LogP contribution is 2.16. The molecule has 0 amide bonds. The summed E-state index contributed by atoms with van der Waals surface area (Å²) in [6, 6.07) is 3.93. The molecule has 0 bridgehead atoms. The molecule has 0 saturated heterocycles. The Morgan fingerprint density at radius 1 is 1.50 bits per heavy atom. The molecule has 0 aliphatic heterocycles. The summed E-state index contributed by atoms with van der Waals surface area (Å²) in [6.45, 7) is -0.0685. The van der Waals surface area contributed by atoms with Gasteiger partial charge in [-0.05, 0) is 24.6 Å². The van der Waals surface area contributed by atoms with E-state index in [1.807, 2.05) is 0 Å². The fourth-order valence-corrected chi connectivity index (χ4v) is 1.25. The number of hydrogen-bond donors (Lipinski definition) is 1. The van der Waals surface area contributed by atoms with Crippen molar-refractivity contribution in [3.63, 3.8) is 0 Å². The Kier molecular flexibility index (Phi) is 4.04. The van der Waals surface area contributed by atoms with E-state index in [0.29, 0.717) is 6.42 Å². The van der Waals surface area contributed by atoms with Crippen LogP contribution < -0.4 is 0 Å². The molecule has 1 N–H and O–H groups in total. The smallest absolute Gasteiger partial charge is 0.165 e. The summed E-state index contributed by atoms with van der Waals surface area (Å²) in [5, 5.41) is 8.77. The largest absolute Gasteiger partial charge is 0.396 e. The Morgan fingerprint density at radius 3 is 2.79 bits per heavy atom. The molecule has 14 heavy (non-hydrogen) atoms. The maximum Gasteiger partial charge on any atom is 0.165 e. The zero-order chi connectivity index (χ0) is 10.6. The summed E-state index contributed by atoms with van der Waals surface area (Å²) in [5.41, 5.74) is 0.0304. The maximum absolute atomic E-state index is 13.2. The van der Waals surface area contributed by atoms with Crippen LogP contribution in [0.4, 0.5) is 4.39 Å². The van der Waals surface area contributed by atoms with E-state index < -0.39 is 5.82 Å². The molecule has 0 aromatic heterocycles. The number of rotatable bonds is 4. The average molecular weight is 217 g/mol. The fourth-order valence-electron chi connectivity index (χ4n) is 1.09. The Balaban J connectivity index is 2.80. The number of benzene rings is 1. The monoisotopic (exact) mass is 216 g/mol. The average Bonchev–Trinajstić information content (AvgIpc) is 2.14. The highest BCUT2D eigenvalue weighted by atomic mass is 35.5. The zero-order valence-corrected chi connectivity index (χ0v) is 8.22. The predicted molar refractivity (Wildman–Crippen MR) is 52.1 cm³/mol. The first kappa shape index (κ1) is 11.1. The summed E-state index contributed by atoms with van der Waals surface area (Å²) in [4.78, 5) is 11.3. The van der Waals surface area contributed by atoms with Crippen LogP contribution in [-0.2, 0) is 0 Å². The summed E-state index contributed by atoms with van der Waals surface area (Å²) in [5.74, 6) is -0.923. The van der Waals surface area contributed by atoms with Gasteiger partial charge < -0.3 is 5.11 Å². The SMILES string of the molecule is O=C(CCCO)c1ccc(Cl)cc1F. The van der Waals surface area contributed by atoms with Crippen LogP contribution in [0.25, 0.3) is 0 Å². The van der Waals surface area contributed by atoms with Crippen molar-refractivity contribution in [1.29, 1.82) is 0 Å². The Bertz CT molecular complexity index is 339. The van der Waals surface area contributed by atoms with Crippen molar-refractivity contribution in [1.82, 2.24) is 0 Å². The molecular weight excluding hydrogens is 207 g/mol. The minimum atomic E-state index is -0.611. The number of aliphatic hydroxyl groups is 1. The first-order chi connectivity index (χ1) is 6.65. The quantitative estimate of drug-likeness (QED) is 0.785. The van der Waals surface area contributed by atoms with Crippen LogP contribution in [0.2, 0.25) is 5.02 Å². The first-order valence-corrected chi connectivity index (χ1v) is 4.62. The third-order valence-electron chi connectivity index (χ3n) is 1.79. The lowest BCUT2D eigenvalue weighted by atomic mass is 10.1. The summed E-state index contributed by atoms with van der Waals surface area (Å²) in [7, 11) is 0. The second-order valence-corrected chi connectivity index (χ2v) is 3.31. The molecule has 0 aliphatic carbocycles. The van der Waals surface area contributed by atoms with Crippen molar-refractivity contribution in [2.45, 2.75) is 12.8 Å². The molecule has 0 fully saturated rings. The van der Waals surface area contributed by atoms with Gasteiger partial charge in [0, 0.05) is 18.1 Å². The molecule has 0 spiro atoms. The highest BCUT2D eigenvalue weighted by molar-refractivity contribution is 6.30. The van der Waals surface area contributed by atoms with E-state index in [9.17, 15) is 9.18 Å². The van der Waals surface area contributed by atoms with Gasteiger partial charge in [0.1, 0.15) is 5.82 Å². The normalized spacial score (nSPS) is 10.2. The molecule has 0 atom stereocenters. The van der Waals surface area contributed by atoms with Crippen molar-refractivity contribution in [3.8, 4) is 0 Å². The number of Topliss-reactive ketones (excluding diaryl/α,β-unsaturated/α-hetero) is 1. The molecular formula is C10H10ClFO2. The van der Waals surface area contributed by atoms with Crippen LogP contribution in [-0.4, -0.2) is 17.5 Å². The molecule has 4 heteroatoms. The van der Waals surface area contributed by atoms with Gasteiger partial charge in [0.15, 0.2) is 5.78 Å². The van der Waals surface area contributed by atoms with Crippen LogP contribution in [0.3, 0.4) is 0 Å². The topological polar surface area (TPSA) is 37.3 Å². The molecule has 76 valence electrons. The number of aliphatic hydroxyl groups excluding tert-OH is 1. The van der Waals surface area contributed by atoms with Gasteiger partial charge in [0.05, 0.1) is 5.56 Å². The van der Waals surface area contributed by atoms with Gasteiger partial charge in [-0.3, -0.25) is 4.79 Å². The van der Waals surface area contributed by atoms with Gasteiger partial charge in [0.2, 0.25) is 0 Å². The Labute approximate surface area is 86.3 Å². The van der Waals surface area contributed by atoms with Crippen molar-refractivity contribution >= 4 is 17.4 Å². The van der Waals surface area contributed by atoms with E-state index in [1.54, 1.807) is 0 Å². The lowest BCUT2D eigenvalue weighted by molar-refractivity contribution is 0.0967.